The molecule has 5 nitrogen and oxygen atoms in total. The van der Waals surface area contributed by atoms with Gasteiger partial charge in [-0.25, -0.2) is 0 Å². The number of fused-ring (bicyclic) bond motifs is 1. The third kappa shape index (κ3) is 3.71. The molecule has 0 aliphatic heterocycles. The number of hydrogen-bond donors (Lipinski definition) is 3. The van der Waals surface area contributed by atoms with Gasteiger partial charge >= 0.3 is 0 Å². The van der Waals surface area contributed by atoms with E-state index in [1.807, 2.05) is 20.8 Å². The van der Waals surface area contributed by atoms with Gasteiger partial charge in [0.1, 0.15) is 0 Å². The summed E-state index contributed by atoms with van der Waals surface area (Å²) < 4.78 is 5.32. The van der Waals surface area contributed by atoms with Gasteiger partial charge < -0.3 is 19.8 Å². The lowest BCUT2D eigenvalue weighted by molar-refractivity contribution is 0.0885. The largest absolute Gasteiger partial charge is 0.429 e. The average molecular weight is 308 g/mol. The monoisotopic (exact) mass is 308 g/mol. The Balaban J connectivity index is 2.22. The Bertz CT molecular complexity index is 697. The number of aliphatic hydroxyl groups is 1. The molecular formula is C15H20N2O3S. The first kappa shape index (κ1) is 15.7. The number of nitrogens with one attached hydrogen (secondary N) is 2. The summed E-state index contributed by atoms with van der Waals surface area (Å²) in [7, 11) is 0. The number of carbonyl (C=O) groups is 1. The summed E-state index contributed by atoms with van der Waals surface area (Å²) in [5.74, 6) is -0.187. The number of aromatic amines is 1. The van der Waals surface area contributed by atoms with Crippen LogP contribution in [0.5, 0.6) is 0 Å². The van der Waals surface area contributed by atoms with E-state index in [4.69, 9.17) is 21.7 Å². The van der Waals surface area contributed by atoms with E-state index in [1.165, 1.54) is 0 Å². The molecule has 3 N–H and O–H groups in total. The molecule has 0 saturated heterocycles. The molecule has 1 aromatic heterocycles. The highest BCUT2D eigenvalue weighted by Crippen LogP contribution is 2.22. The Labute approximate surface area is 128 Å². The van der Waals surface area contributed by atoms with Crippen LogP contribution in [0.15, 0.2) is 22.6 Å². The molecule has 6 heteroatoms. The van der Waals surface area contributed by atoms with Crippen molar-refractivity contribution < 1.29 is 14.3 Å². The summed E-state index contributed by atoms with van der Waals surface area (Å²) in [5, 5.41) is 12.1. The molecule has 114 valence electrons. The van der Waals surface area contributed by atoms with Gasteiger partial charge in [-0.3, -0.25) is 4.79 Å². The topological polar surface area (TPSA) is 78.3 Å². The number of H-pyrrole nitrogens is 1. The zero-order chi connectivity index (χ0) is 15.6. The number of rotatable bonds is 4. The summed E-state index contributed by atoms with van der Waals surface area (Å²) in [4.78, 5) is 15.5. The van der Waals surface area contributed by atoms with Crippen LogP contribution in [0.25, 0.3) is 11.1 Å². The first-order valence-corrected chi connectivity index (χ1v) is 7.26. The van der Waals surface area contributed by atoms with Crippen molar-refractivity contribution in [1.29, 1.82) is 0 Å². The highest BCUT2D eigenvalue weighted by molar-refractivity contribution is 7.71. The lowest BCUT2D eigenvalue weighted by Gasteiger charge is -2.31. The van der Waals surface area contributed by atoms with Crippen LogP contribution in [-0.2, 0) is 0 Å². The fourth-order valence-corrected chi connectivity index (χ4v) is 2.38. The smallest absolute Gasteiger partial charge is 0.266 e. The van der Waals surface area contributed by atoms with E-state index in [0.717, 1.165) is 5.52 Å². The molecule has 1 heterocycles. The predicted octanol–water partition coefficient (Wildman–Crippen LogP) is 3.02. The molecule has 0 aliphatic rings. The summed E-state index contributed by atoms with van der Waals surface area (Å²) in [6.45, 7) is 6.12. The number of oxazole rings is 1. The van der Waals surface area contributed by atoms with Crippen LogP contribution >= 0.6 is 12.2 Å². The molecule has 2 rings (SSSR count). The molecule has 1 unspecified atom stereocenters. The minimum absolute atomic E-state index is 0.0354. The SMILES string of the molecule is CC(C)(C)C(CCO)NC(=O)c1ccc2[nH]c(=S)oc2c1. The van der Waals surface area contributed by atoms with Crippen molar-refractivity contribution in [3.8, 4) is 0 Å². The van der Waals surface area contributed by atoms with Crippen molar-refractivity contribution in [3.05, 3.63) is 28.6 Å². The normalized spacial score (nSPS) is 13.3. The van der Waals surface area contributed by atoms with Crippen LogP contribution in [-0.4, -0.2) is 28.6 Å². The highest BCUT2D eigenvalue weighted by atomic mass is 32.1. The van der Waals surface area contributed by atoms with E-state index in [0.29, 0.717) is 17.6 Å². The lowest BCUT2D eigenvalue weighted by atomic mass is 9.85. The molecule has 1 amide bonds. The van der Waals surface area contributed by atoms with E-state index in [1.54, 1.807) is 18.2 Å². The zero-order valence-electron chi connectivity index (χ0n) is 12.4. The number of amides is 1. The fourth-order valence-electron chi connectivity index (χ4n) is 2.18. The summed E-state index contributed by atoms with van der Waals surface area (Å²) in [5.41, 5.74) is 1.70. The standard InChI is InChI=1S/C15H20N2O3S/c1-15(2,3)12(6-7-18)17-13(19)9-4-5-10-11(8-9)20-14(21)16-10/h4-5,8,12,18H,6-7H2,1-3H3,(H,16,21)(H,17,19). The second-order valence-electron chi connectivity index (χ2n) is 6.13. The van der Waals surface area contributed by atoms with Crippen LogP contribution in [0.1, 0.15) is 37.6 Å². The number of aromatic nitrogens is 1. The third-order valence-electron chi connectivity index (χ3n) is 3.45. The molecule has 0 fully saturated rings. The zero-order valence-corrected chi connectivity index (χ0v) is 13.2. The maximum Gasteiger partial charge on any atom is 0.266 e. The maximum atomic E-state index is 12.4. The number of aliphatic hydroxyl groups excluding tert-OH is 1. The van der Waals surface area contributed by atoms with Crippen molar-refractivity contribution in [2.75, 3.05) is 6.61 Å². The highest BCUT2D eigenvalue weighted by Gasteiger charge is 2.26. The molecule has 1 atom stereocenters. The van der Waals surface area contributed by atoms with E-state index >= 15 is 0 Å². The molecule has 21 heavy (non-hydrogen) atoms. The molecule has 0 aliphatic carbocycles. The first-order chi connectivity index (χ1) is 9.81. The Hall–Kier alpha value is -1.66. The van der Waals surface area contributed by atoms with Crippen molar-refractivity contribution in [1.82, 2.24) is 10.3 Å². The van der Waals surface area contributed by atoms with Crippen molar-refractivity contribution >= 4 is 29.2 Å². The van der Waals surface area contributed by atoms with Gasteiger partial charge in [-0.05, 0) is 42.3 Å². The van der Waals surface area contributed by atoms with Gasteiger partial charge in [-0.2, -0.15) is 0 Å². The van der Waals surface area contributed by atoms with Crippen molar-refractivity contribution in [3.63, 3.8) is 0 Å². The Kier molecular flexibility index (Phi) is 4.49. The van der Waals surface area contributed by atoms with Crippen LogP contribution < -0.4 is 5.32 Å². The molecule has 0 saturated carbocycles. The Morgan fingerprint density at radius 3 is 2.81 bits per heavy atom. The second kappa shape index (κ2) is 5.99. The van der Waals surface area contributed by atoms with E-state index in [9.17, 15) is 4.79 Å². The van der Waals surface area contributed by atoms with Crippen molar-refractivity contribution in [2.45, 2.75) is 33.2 Å². The number of carbonyl (C=O) groups excluding carboxylic acids is 1. The molecule has 2 aromatic rings. The minimum Gasteiger partial charge on any atom is -0.429 e. The minimum atomic E-state index is -0.187. The summed E-state index contributed by atoms with van der Waals surface area (Å²) in [6.07, 6.45) is 0.516. The van der Waals surface area contributed by atoms with Gasteiger partial charge in [0.2, 0.25) is 0 Å². The lowest BCUT2D eigenvalue weighted by Crippen LogP contribution is -2.44. The van der Waals surface area contributed by atoms with Gasteiger partial charge in [0.15, 0.2) is 5.58 Å². The number of benzene rings is 1. The average Bonchev–Trinajstić information content (AvgIpc) is 2.75. The van der Waals surface area contributed by atoms with E-state index in [2.05, 4.69) is 10.3 Å². The van der Waals surface area contributed by atoms with Gasteiger partial charge in [0.25, 0.3) is 10.7 Å². The summed E-state index contributed by atoms with van der Waals surface area (Å²) >= 11 is 4.92. The van der Waals surface area contributed by atoms with E-state index in [-0.39, 0.29) is 28.8 Å². The number of hydrogen-bond acceptors (Lipinski definition) is 4. The first-order valence-electron chi connectivity index (χ1n) is 6.86. The summed E-state index contributed by atoms with van der Waals surface area (Å²) in [6, 6.07) is 5.04. The predicted molar refractivity (Wildman–Crippen MR) is 83.8 cm³/mol. The van der Waals surface area contributed by atoms with Crippen molar-refractivity contribution in [2.24, 2.45) is 5.41 Å². The molecular weight excluding hydrogens is 288 g/mol. The molecule has 0 spiro atoms. The quantitative estimate of drug-likeness (QED) is 0.759. The van der Waals surface area contributed by atoms with Gasteiger partial charge in [0.05, 0.1) is 5.52 Å². The molecule has 1 aromatic carbocycles. The fraction of sp³-hybridized carbons (Fsp3) is 0.467. The van der Waals surface area contributed by atoms with Crippen LogP contribution in [0, 0.1) is 10.3 Å². The van der Waals surface area contributed by atoms with Gasteiger partial charge in [-0.1, -0.05) is 20.8 Å². The Morgan fingerprint density at radius 2 is 2.19 bits per heavy atom. The van der Waals surface area contributed by atoms with E-state index < -0.39 is 0 Å². The third-order valence-corrected chi connectivity index (χ3v) is 3.64. The Morgan fingerprint density at radius 1 is 1.48 bits per heavy atom. The molecule has 0 bridgehead atoms. The molecule has 0 radical (unpaired) electrons. The second-order valence-corrected chi connectivity index (χ2v) is 6.50. The van der Waals surface area contributed by atoms with Crippen LogP contribution in [0.4, 0.5) is 0 Å². The van der Waals surface area contributed by atoms with Crippen LogP contribution in [0.3, 0.4) is 0 Å². The van der Waals surface area contributed by atoms with Gasteiger partial charge in [-0.15, -0.1) is 0 Å². The van der Waals surface area contributed by atoms with Crippen LogP contribution in [0.2, 0.25) is 0 Å². The maximum absolute atomic E-state index is 12.4. The van der Waals surface area contributed by atoms with Gasteiger partial charge in [0, 0.05) is 18.2 Å².